The van der Waals surface area contributed by atoms with Gasteiger partial charge in [-0.2, -0.15) is 5.10 Å². The molecule has 1 saturated heterocycles. The molecule has 2 unspecified atom stereocenters. The molecule has 0 bridgehead atoms. The Labute approximate surface area is 123 Å². The summed E-state index contributed by atoms with van der Waals surface area (Å²) in [5, 5.41) is 14.2. The monoisotopic (exact) mass is 301 g/mol. The number of aromatic nitrogens is 2. The van der Waals surface area contributed by atoms with Gasteiger partial charge >= 0.3 is 5.97 Å². The maximum Gasteiger partial charge on any atom is 0.310 e. The van der Waals surface area contributed by atoms with Crippen LogP contribution in [0.4, 0.5) is 0 Å². The summed E-state index contributed by atoms with van der Waals surface area (Å²) in [6, 6.07) is -0.135. The maximum atomic E-state index is 11.2. The molecule has 6 nitrogen and oxygen atoms in total. The molecule has 1 aliphatic rings. The molecule has 2 heterocycles. The number of aryl methyl sites for hydroxylation is 2. The van der Waals surface area contributed by atoms with Gasteiger partial charge in [-0.15, -0.1) is 0 Å². The van der Waals surface area contributed by atoms with Crippen molar-refractivity contribution in [3.05, 3.63) is 16.4 Å². The van der Waals surface area contributed by atoms with E-state index in [1.165, 1.54) is 0 Å². The van der Waals surface area contributed by atoms with Gasteiger partial charge in [-0.25, -0.2) is 0 Å². The molecule has 1 aromatic rings. The van der Waals surface area contributed by atoms with Crippen LogP contribution in [0.2, 0.25) is 5.02 Å². The minimum atomic E-state index is -0.814. The molecule has 0 amide bonds. The molecule has 20 heavy (non-hydrogen) atoms. The highest BCUT2D eigenvalue weighted by Gasteiger charge is 2.37. The van der Waals surface area contributed by atoms with Crippen molar-refractivity contribution in [3.63, 3.8) is 0 Å². The molecule has 0 radical (unpaired) electrons. The molecule has 1 N–H and O–H groups in total. The Morgan fingerprint density at radius 1 is 1.60 bits per heavy atom. The summed E-state index contributed by atoms with van der Waals surface area (Å²) in [4.78, 5) is 13.2. The quantitative estimate of drug-likeness (QED) is 0.890. The number of carboxylic acid groups (broad SMARTS) is 1. The van der Waals surface area contributed by atoms with Crippen molar-refractivity contribution in [3.8, 4) is 0 Å². The summed E-state index contributed by atoms with van der Waals surface area (Å²) in [6.07, 6.45) is 0. The number of carboxylic acids is 1. The molecule has 0 spiro atoms. The van der Waals surface area contributed by atoms with Gasteiger partial charge in [0.15, 0.2) is 0 Å². The summed E-state index contributed by atoms with van der Waals surface area (Å²) in [6.45, 7) is 5.88. The number of likely N-dealkylation sites (N-methyl/N-ethyl adjacent to an activating group) is 1. The first kappa shape index (κ1) is 15.3. The van der Waals surface area contributed by atoms with E-state index < -0.39 is 11.9 Å². The van der Waals surface area contributed by atoms with Gasteiger partial charge in [0, 0.05) is 19.1 Å². The van der Waals surface area contributed by atoms with E-state index in [1.807, 2.05) is 30.5 Å². The molecular formula is C13H20ClN3O3. The molecule has 2 rings (SSSR count). The number of hydrogen-bond donors (Lipinski definition) is 1. The van der Waals surface area contributed by atoms with Gasteiger partial charge in [0.1, 0.15) is 0 Å². The van der Waals surface area contributed by atoms with Crippen LogP contribution < -0.4 is 0 Å². The van der Waals surface area contributed by atoms with Crippen LogP contribution in [0, 0.1) is 12.8 Å². The Balaban J connectivity index is 2.15. The molecule has 2 atom stereocenters. The number of ether oxygens (including phenoxy) is 1. The summed E-state index contributed by atoms with van der Waals surface area (Å²) >= 11 is 6.28. The van der Waals surface area contributed by atoms with Gasteiger partial charge in [-0.3, -0.25) is 14.4 Å². The van der Waals surface area contributed by atoms with Crippen LogP contribution in [0.1, 0.15) is 18.3 Å². The highest BCUT2D eigenvalue weighted by Crippen LogP contribution is 2.25. The third-order valence-electron chi connectivity index (χ3n) is 3.79. The number of halogens is 1. The minimum Gasteiger partial charge on any atom is -0.481 e. The lowest BCUT2D eigenvalue weighted by Crippen LogP contribution is -2.40. The highest BCUT2D eigenvalue weighted by molar-refractivity contribution is 6.31. The number of hydrogen-bond acceptors (Lipinski definition) is 4. The van der Waals surface area contributed by atoms with Crippen molar-refractivity contribution < 1.29 is 14.6 Å². The third kappa shape index (κ3) is 2.82. The minimum absolute atomic E-state index is 0.135. The van der Waals surface area contributed by atoms with Crippen LogP contribution in [0.5, 0.6) is 0 Å². The van der Waals surface area contributed by atoms with Crippen LogP contribution in [-0.2, 0) is 22.6 Å². The summed E-state index contributed by atoms with van der Waals surface area (Å²) in [5.74, 6) is -1.30. The third-order valence-corrected chi connectivity index (χ3v) is 4.28. The van der Waals surface area contributed by atoms with E-state index in [0.717, 1.165) is 17.9 Å². The molecular weight excluding hydrogens is 282 g/mol. The molecule has 1 fully saturated rings. The summed E-state index contributed by atoms with van der Waals surface area (Å²) in [7, 11) is 1.90. The Kier molecular flexibility index (Phi) is 4.67. The fourth-order valence-corrected chi connectivity index (χ4v) is 2.78. The zero-order valence-electron chi connectivity index (χ0n) is 12.0. The zero-order valence-corrected chi connectivity index (χ0v) is 12.7. The standard InChI is InChI=1S/C13H20ClN3O3/c1-4-17-10(12(14)8(2)15-17)5-16(3)11-7-20-6-9(11)13(18)19/h9,11H,4-7H2,1-3H3,(H,18,19). The first-order valence-corrected chi connectivity index (χ1v) is 7.06. The Morgan fingerprint density at radius 3 is 2.90 bits per heavy atom. The van der Waals surface area contributed by atoms with Crippen LogP contribution in [0.25, 0.3) is 0 Å². The van der Waals surface area contributed by atoms with E-state index in [9.17, 15) is 9.90 Å². The Bertz CT molecular complexity index is 503. The van der Waals surface area contributed by atoms with Gasteiger partial charge in [0.2, 0.25) is 0 Å². The van der Waals surface area contributed by atoms with Crippen LogP contribution in [0.3, 0.4) is 0 Å². The van der Waals surface area contributed by atoms with E-state index in [2.05, 4.69) is 5.10 Å². The molecule has 0 aromatic carbocycles. The molecule has 0 saturated carbocycles. The first-order chi connectivity index (χ1) is 9.45. The van der Waals surface area contributed by atoms with Crippen molar-refractivity contribution in [2.24, 2.45) is 5.92 Å². The van der Waals surface area contributed by atoms with Gasteiger partial charge < -0.3 is 9.84 Å². The second-order valence-corrected chi connectivity index (χ2v) is 5.50. The topological polar surface area (TPSA) is 67.6 Å². The second kappa shape index (κ2) is 6.11. The molecule has 0 aliphatic carbocycles. The van der Waals surface area contributed by atoms with Crippen molar-refractivity contribution in [2.75, 3.05) is 20.3 Å². The van der Waals surface area contributed by atoms with Crippen molar-refractivity contribution in [1.29, 1.82) is 0 Å². The SMILES string of the molecule is CCn1nc(C)c(Cl)c1CN(C)C1COCC1C(=O)O. The number of carbonyl (C=O) groups is 1. The van der Waals surface area contributed by atoms with Crippen LogP contribution >= 0.6 is 11.6 Å². The van der Waals surface area contributed by atoms with Gasteiger partial charge in [0.05, 0.1) is 35.5 Å². The van der Waals surface area contributed by atoms with E-state index in [4.69, 9.17) is 16.3 Å². The average molecular weight is 302 g/mol. The van der Waals surface area contributed by atoms with Crippen molar-refractivity contribution >= 4 is 17.6 Å². The fourth-order valence-electron chi connectivity index (χ4n) is 2.59. The van der Waals surface area contributed by atoms with Crippen LogP contribution in [-0.4, -0.2) is 52.1 Å². The Hall–Kier alpha value is -1.11. The molecule has 7 heteroatoms. The zero-order chi connectivity index (χ0) is 14.9. The molecule has 112 valence electrons. The van der Waals surface area contributed by atoms with E-state index >= 15 is 0 Å². The van der Waals surface area contributed by atoms with E-state index in [-0.39, 0.29) is 12.6 Å². The predicted molar refractivity (Wildman–Crippen MR) is 74.8 cm³/mol. The van der Waals surface area contributed by atoms with Crippen molar-refractivity contribution in [1.82, 2.24) is 14.7 Å². The number of rotatable bonds is 5. The average Bonchev–Trinajstić information content (AvgIpc) is 2.99. The lowest BCUT2D eigenvalue weighted by atomic mass is 10.0. The second-order valence-electron chi connectivity index (χ2n) is 5.13. The first-order valence-electron chi connectivity index (χ1n) is 6.68. The van der Waals surface area contributed by atoms with Gasteiger partial charge in [-0.05, 0) is 20.9 Å². The van der Waals surface area contributed by atoms with Crippen molar-refractivity contribution in [2.45, 2.75) is 33.0 Å². The maximum absolute atomic E-state index is 11.2. The largest absolute Gasteiger partial charge is 0.481 e. The number of aliphatic carboxylic acids is 1. The normalized spacial score (nSPS) is 22.6. The summed E-state index contributed by atoms with van der Waals surface area (Å²) in [5.41, 5.74) is 1.72. The van der Waals surface area contributed by atoms with Gasteiger partial charge in [0.25, 0.3) is 0 Å². The highest BCUT2D eigenvalue weighted by atomic mass is 35.5. The van der Waals surface area contributed by atoms with Crippen LogP contribution in [0.15, 0.2) is 0 Å². The lowest BCUT2D eigenvalue weighted by Gasteiger charge is -2.26. The van der Waals surface area contributed by atoms with E-state index in [1.54, 1.807) is 0 Å². The number of nitrogens with zero attached hydrogens (tertiary/aromatic N) is 3. The van der Waals surface area contributed by atoms with Gasteiger partial charge in [-0.1, -0.05) is 11.6 Å². The summed E-state index contributed by atoms with van der Waals surface area (Å²) < 4.78 is 7.16. The Morgan fingerprint density at radius 2 is 2.30 bits per heavy atom. The molecule has 1 aliphatic heterocycles. The molecule has 1 aromatic heterocycles. The fraction of sp³-hybridized carbons (Fsp3) is 0.692. The lowest BCUT2D eigenvalue weighted by molar-refractivity contribution is -0.143. The smallest absolute Gasteiger partial charge is 0.310 e. The van der Waals surface area contributed by atoms with E-state index in [0.29, 0.717) is 18.2 Å². The predicted octanol–water partition coefficient (Wildman–Crippen LogP) is 1.40.